The minimum atomic E-state index is -0.0115. The minimum absolute atomic E-state index is 0.0115. The van der Waals surface area contributed by atoms with E-state index in [1.807, 2.05) is 18.2 Å². The molecule has 5 nitrogen and oxygen atoms in total. The number of carbonyl (C=O) groups excluding carboxylic acids is 1. The van der Waals surface area contributed by atoms with E-state index in [-0.39, 0.29) is 11.8 Å². The largest absolute Gasteiger partial charge is 0.380 e. The second-order valence-electron chi connectivity index (χ2n) is 7.15. The molecule has 1 saturated carbocycles. The smallest absolute Gasteiger partial charge is 0.226 e. The van der Waals surface area contributed by atoms with Gasteiger partial charge in [0.1, 0.15) is 0 Å². The van der Waals surface area contributed by atoms with Crippen molar-refractivity contribution in [2.24, 2.45) is 17.8 Å². The van der Waals surface area contributed by atoms with Gasteiger partial charge in [-0.05, 0) is 36.8 Å². The Balaban J connectivity index is 1.36. The average Bonchev–Trinajstić information content (AvgIpc) is 2.95. The molecule has 3 fully saturated rings. The fourth-order valence-corrected chi connectivity index (χ4v) is 4.16. The molecule has 4 rings (SSSR count). The summed E-state index contributed by atoms with van der Waals surface area (Å²) in [6.45, 7) is 4.06. The van der Waals surface area contributed by atoms with Gasteiger partial charge in [-0.25, -0.2) is 0 Å². The highest BCUT2D eigenvalue weighted by Gasteiger charge is 2.45. The third-order valence-electron chi connectivity index (χ3n) is 5.76. The Hall–Kier alpha value is -1.46. The highest BCUT2D eigenvalue weighted by atomic mass is 16.5. The van der Waals surface area contributed by atoms with Crippen molar-refractivity contribution >= 4 is 5.91 Å². The Morgan fingerprint density at radius 3 is 2.96 bits per heavy atom. The molecule has 5 heteroatoms. The highest BCUT2D eigenvalue weighted by Crippen LogP contribution is 2.38. The second-order valence-corrected chi connectivity index (χ2v) is 7.15. The first kappa shape index (κ1) is 15.1. The first-order valence-corrected chi connectivity index (χ1v) is 8.80. The fraction of sp³-hybridized carbons (Fsp3) is 0.667. The van der Waals surface area contributed by atoms with Crippen molar-refractivity contribution in [3.8, 4) is 0 Å². The van der Waals surface area contributed by atoms with E-state index in [4.69, 9.17) is 4.74 Å². The predicted molar refractivity (Wildman–Crippen MR) is 86.6 cm³/mol. The van der Waals surface area contributed by atoms with Crippen LogP contribution >= 0.6 is 0 Å². The molecular weight excluding hydrogens is 290 g/mol. The molecule has 124 valence electrons. The summed E-state index contributed by atoms with van der Waals surface area (Å²) in [4.78, 5) is 19.5. The summed E-state index contributed by atoms with van der Waals surface area (Å²) in [5.41, 5.74) is 0.900. The number of nitrogens with one attached hydrogen (secondary N) is 1. The van der Waals surface area contributed by atoms with Gasteiger partial charge in [0, 0.05) is 25.3 Å². The maximum atomic E-state index is 12.6. The first-order valence-electron chi connectivity index (χ1n) is 8.80. The van der Waals surface area contributed by atoms with Gasteiger partial charge in [-0.15, -0.1) is 0 Å². The first-order chi connectivity index (χ1) is 11.3. The molecule has 1 aromatic rings. The van der Waals surface area contributed by atoms with E-state index in [1.165, 1.54) is 19.3 Å². The number of fused-ring (bicyclic) bond motifs is 1. The van der Waals surface area contributed by atoms with E-state index in [9.17, 15) is 4.79 Å². The number of hydrogen-bond donors (Lipinski definition) is 1. The molecule has 23 heavy (non-hydrogen) atoms. The van der Waals surface area contributed by atoms with Crippen LogP contribution in [0.4, 0.5) is 0 Å². The molecule has 2 aliphatic heterocycles. The molecule has 0 unspecified atom stereocenters. The van der Waals surface area contributed by atoms with Crippen LogP contribution in [0, 0.1) is 17.8 Å². The van der Waals surface area contributed by atoms with Crippen LogP contribution in [0.25, 0.3) is 0 Å². The minimum Gasteiger partial charge on any atom is -0.380 e. The van der Waals surface area contributed by atoms with Crippen LogP contribution < -0.4 is 5.32 Å². The normalized spacial score (nSPS) is 31.4. The third-order valence-corrected chi connectivity index (χ3v) is 5.76. The number of hydrogen-bond acceptors (Lipinski definition) is 4. The van der Waals surface area contributed by atoms with Gasteiger partial charge < -0.3 is 10.1 Å². The van der Waals surface area contributed by atoms with Crippen molar-refractivity contribution in [2.45, 2.75) is 31.8 Å². The lowest BCUT2D eigenvalue weighted by molar-refractivity contribution is -0.133. The van der Waals surface area contributed by atoms with Crippen molar-refractivity contribution in [3.05, 3.63) is 30.1 Å². The maximum Gasteiger partial charge on any atom is 0.226 e. The lowest BCUT2D eigenvalue weighted by Crippen LogP contribution is -2.44. The SMILES string of the molecule is O=C(NCc1ccccn1)[C@H]1COC[C@H]2CN(C3CCC3)C[C@H]21. The molecule has 3 heterocycles. The fourth-order valence-electron chi connectivity index (χ4n) is 4.16. The number of likely N-dealkylation sites (tertiary alicyclic amines) is 1. The molecule has 1 N–H and O–H groups in total. The molecule has 0 bridgehead atoms. The molecule has 1 amide bonds. The summed E-state index contributed by atoms with van der Waals surface area (Å²) < 4.78 is 5.75. The Morgan fingerprint density at radius 2 is 2.22 bits per heavy atom. The average molecular weight is 315 g/mol. The molecule has 1 aromatic heterocycles. The van der Waals surface area contributed by atoms with Crippen molar-refractivity contribution in [2.75, 3.05) is 26.3 Å². The lowest BCUT2D eigenvalue weighted by atomic mass is 9.82. The molecule has 3 aliphatic rings. The second kappa shape index (κ2) is 6.57. The zero-order chi connectivity index (χ0) is 15.6. The van der Waals surface area contributed by atoms with E-state index >= 15 is 0 Å². The molecule has 0 radical (unpaired) electrons. The molecule has 0 aromatic carbocycles. The van der Waals surface area contributed by atoms with Crippen molar-refractivity contribution in [1.29, 1.82) is 0 Å². The molecule has 0 spiro atoms. The van der Waals surface area contributed by atoms with Crippen molar-refractivity contribution in [1.82, 2.24) is 15.2 Å². The van der Waals surface area contributed by atoms with Crippen LogP contribution in [-0.2, 0) is 16.1 Å². The number of rotatable bonds is 4. The Kier molecular flexibility index (Phi) is 4.31. The Labute approximate surface area is 137 Å². The highest BCUT2D eigenvalue weighted by molar-refractivity contribution is 5.79. The summed E-state index contributed by atoms with van der Waals surface area (Å²) in [6.07, 6.45) is 5.78. The van der Waals surface area contributed by atoms with Gasteiger partial charge in [-0.2, -0.15) is 0 Å². The molecule has 2 saturated heterocycles. The number of amides is 1. The van der Waals surface area contributed by atoms with Crippen molar-refractivity contribution in [3.63, 3.8) is 0 Å². The number of pyridine rings is 1. The van der Waals surface area contributed by atoms with Crippen LogP contribution in [-0.4, -0.2) is 48.1 Å². The van der Waals surface area contributed by atoms with Gasteiger partial charge in [0.2, 0.25) is 5.91 Å². The van der Waals surface area contributed by atoms with Crippen molar-refractivity contribution < 1.29 is 9.53 Å². The number of carbonyl (C=O) groups is 1. The van der Waals surface area contributed by atoms with Gasteiger partial charge in [0.25, 0.3) is 0 Å². The zero-order valence-corrected chi connectivity index (χ0v) is 13.5. The quantitative estimate of drug-likeness (QED) is 0.913. The van der Waals surface area contributed by atoms with E-state index in [0.29, 0.717) is 25.0 Å². The predicted octanol–water partition coefficient (Wildman–Crippen LogP) is 1.44. The van der Waals surface area contributed by atoms with Gasteiger partial charge in [-0.3, -0.25) is 14.7 Å². The summed E-state index contributed by atoms with van der Waals surface area (Å²) in [5, 5.41) is 3.05. The maximum absolute atomic E-state index is 12.6. The van der Waals surface area contributed by atoms with Gasteiger partial charge in [0.15, 0.2) is 0 Å². The van der Waals surface area contributed by atoms with E-state index in [1.54, 1.807) is 6.20 Å². The van der Waals surface area contributed by atoms with Crippen LogP contribution in [0.5, 0.6) is 0 Å². The monoisotopic (exact) mass is 315 g/mol. The number of aromatic nitrogens is 1. The zero-order valence-electron chi connectivity index (χ0n) is 13.5. The summed E-state index contributed by atoms with van der Waals surface area (Å²) in [5.74, 6) is 1.09. The molecule has 3 atom stereocenters. The van der Waals surface area contributed by atoms with E-state index < -0.39 is 0 Å². The van der Waals surface area contributed by atoms with E-state index in [0.717, 1.165) is 31.4 Å². The summed E-state index contributed by atoms with van der Waals surface area (Å²) in [6, 6.07) is 6.53. The number of ether oxygens (including phenoxy) is 1. The molecule has 1 aliphatic carbocycles. The standard InChI is InChI=1S/C18H25N3O2/c22-18(20-8-14-4-1-2-7-19-14)17-12-23-11-13-9-21(10-16(13)17)15-5-3-6-15/h1-2,4,7,13,15-17H,3,5-6,8-12H2,(H,20,22)/t13-,16-,17+/m1/s1. The van der Waals surface area contributed by atoms with Crippen LogP contribution in [0.2, 0.25) is 0 Å². The molecular formula is C18H25N3O2. The Morgan fingerprint density at radius 1 is 1.30 bits per heavy atom. The number of nitrogens with zero attached hydrogens (tertiary/aromatic N) is 2. The van der Waals surface area contributed by atoms with Crippen LogP contribution in [0.1, 0.15) is 25.0 Å². The summed E-state index contributed by atoms with van der Waals surface area (Å²) >= 11 is 0. The topological polar surface area (TPSA) is 54.5 Å². The van der Waals surface area contributed by atoms with Crippen LogP contribution in [0.15, 0.2) is 24.4 Å². The Bertz CT molecular complexity index is 546. The third kappa shape index (κ3) is 3.12. The van der Waals surface area contributed by atoms with Crippen LogP contribution in [0.3, 0.4) is 0 Å². The van der Waals surface area contributed by atoms with Gasteiger partial charge in [-0.1, -0.05) is 12.5 Å². The lowest BCUT2D eigenvalue weighted by Gasteiger charge is -2.35. The van der Waals surface area contributed by atoms with E-state index in [2.05, 4.69) is 15.2 Å². The summed E-state index contributed by atoms with van der Waals surface area (Å²) in [7, 11) is 0. The van der Waals surface area contributed by atoms with Gasteiger partial charge in [0.05, 0.1) is 31.4 Å². The van der Waals surface area contributed by atoms with Gasteiger partial charge >= 0.3 is 0 Å².